The van der Waals surface area contributed by atoms with E-state index in [0.717, 1.165) is 46.7 Å². The quantitative estimate of drug-likeness (QED) is 0.275. The van der Waals surface area contributed by atoms with Gasteiger partial charge in [-0.05, 0) is 68.5 Å². The fraction of sp³-hybridized carbons (Fsp3) is 0.412. The van der Waals surface area contributed by atoms with Gasteiger partial charge in [-0.25, -0.2) is 8.42 Å². The van der Waals surface area contributed by atoms with E-state index in [1.54, 1.807) is 24.3 Å². The molecule has 0 spiro atoms. The summed E-state index contributed by atoms with van der Waals surface area (Å²) in [5.41, 5.74) is 3.14. The third-order valence-corrected chi connectivity index (χ3v) is 10.0. The molecule has 2 amide bonds. The Balaban J connectivity index is 1.75. The van der Waals surface area contributed by atoms with Crippen LogP contribution in [0.1, 0.15) is 55.7 Å². The van der Waals surface area contributed by atoms with Crippen molar-refractivity contribution in [1.29, 1.82) is 0 Å². The zero-order valence-corrected chi connectivity index (χ0v) is 27.0. The van der Waals surface area contributed by atoms with Crippen molar-refractivity contribution in [2.45, 2.75) is 76.4 Å². The Labute approximate surface area is 261 Å². The van der Waals surface area contributed by atoms with Crippen LogP contribution in [0.4, 0.5) is 5.69 Å². The van der Waals surface area contributed by atoms with Crippen LogP contribution in [0.5, 0.6) is 11.5 Å². The van der Waals surface area contributed by atoms with Crippen molar-refractivity contribution in [3.05, 3.63) is 83.4 Å². The van der Waals surface area contributed by atoms with Crippen LogP contribution in [0.2, 0.25) is 0 Å². The summed E-state index contributed by atoms with van der Waals surface area (Å²) in [7, 11) is -1.35. The van der Waals surface area contributed by atoms with Crippen LogP contribution in [0.15, 0.2) is 71.6 Å². The maximum absolute atomic E-state index is 14.3. The Morgan fingerprint density at radius 1 is 0.932 bits per heavy atom. The third kappa shape index (κ3) is 7.53. The summed E-state index contributed by atoms with van der Waals surface area (Å²) in [6.45, 7) is 5.40. The molecule has 0 aliphatic heterocycles. The van der Waals surface area contributed by atoms with Gasteiger partial charge in [-0.15, -0.1) is 0 Å². The molecule has 1 fully saturated rings. The van der Waals surface area contributed by atoms with E-state index in [-0.39, 0.29) is 29.1 Å². The van der Waals surface area contributed by atoms with Crippen molar-refractivity contribution in [3.8, 4) is 11.5 Å². The van der Waals surface area contributed by atoms with Gasteiger partial charge in [0.2, 0.25) is 11.8 Å². The molecular weight excluding hydrogens is 578 g/mol. The summed E-state index contributed by atoms with van der Waals surface area (Å²) in [6.07, 6.45) is 4.33. The van der Waals surface area contributed by atoms with E-state index in [0.29, 0.717) is 17.9 Å². The van der Waals surface area contributed by atoms with Crippen molar-refractivity contribution in [1.82, 2.24) is 10.2 Å². The largest absolute Gasteiger partial charge is 0.493 e. The van der Waals surface area contributed by atoms with Crippen LogP contribution in [0, 0.1) is 13.8 Å². The highest BCUT2D eigenvalue weighted by Gasteiger charge is 2.35. The SMILES string of the molecule is CC[C@H](C(=O)NC1CCCC1)N(Cc1ccccc1C)C(=O)CN(c1ccc(C)cc1)S(=O)(=O)c1ccc(OC)c(OC)c1. The van der Waals surface area contributed by atoms with Gasteiger partial charge >= 0.3 is 0 Å². The maximum atomic E-state index is 14.3. The van der Waals surface area contributed by atoms with Crippen molar-refractivity contribution in [2.24, 2.45) is 0 Å². The number of methoxy groups -OCH3 is 2. The molecule has 1 N–H and O–H groups in total. The zero-order valence-electron chi connectivity index (χ0n) is 26.2. The summed E-state index contributed by atoms with van der Waals surface area (Å²) in [5.74, 6) is -0.0651. The topological polar surface area (TPSA) is 105 Å². The van der Waals surface area contributed by atoms with E-state index in [9.17, 15) is 18.0 Å². The van der Waals surface area contributed by atoms with Gasteiger partial charge < -0.3 is 19.7 Å². The number of anilines is 1. The highest BCUT2D eigenvalue weighted by Crippen LogP contribution is 2.32. The van der Waals surface area contributed by atoms with Crippen LogP contribution in [-0.2, 0) is 26.2 Å². The molecule has 9 nitrogen and oxygen atoms in total. The van der Waals surface area contributed by atoms with Crippen molar-refractivity contribution >= 4 is 27.5 Å². The Morgan fingerprint density at radius 2 is 1.59 bits per heavy atom. The molecule has 3 aromatic carbocycles. The predicted molar refractivity (Wildman–Crippen MR) is 171 cm³/mol. The van der Waals surface area contributed by atoms with Crippen molar-refractivity contribution in [2.75, 3.05) is 25.1 Å². The molecule has 1 atom stereocenters. The van der Waals surface area contributed by atoms with Gasteiger partial charge in [0.05, 0.1) is 24.8 Å². The third-order valence-electron chi connectivity index (χ3n) is 8.23. The molecule has 1 saturated carbocycles. The number of aryl methyl sites for hydroxylation is 2. The van der Waals surface area contributed by atoms with Gasteiger partial charge in [0.15, 0.2) is 11.5 Å². The van der Waals surface area contributed by atoms with Gasteiger partial charge in [0.25, 0.3) is 10.0 Å². The van der Waals surface area contributed by atoms with Crippen LogP contribution >= 0.6 is 0 Å². The van der Waals surface area contributed by atoms with Crippen LogP contribution in [-0.4, -0.2) is 58.0 Å². The van der Waals surface area contributed by atoms with E-state index in [1.807, 2.05) is 45.0 Å². The second-order valence-corrected chi connectivity index (χ2v) is 13.1. The minimum atomic E-state index is -4.26. The van der Waals surface area contributed by atoms with Crippen molar-refractivity contribution in [3.63, 3.8) is 0 Å². The van der Waals surface area contributed by atoms with E-state index >= 15 is 0 Å². The first kappa shape index (κ1) is 32.9. The molecule has 0 saturated heterocycles. The zero-order chi connectivity index (χ0) is 31.9. The summed E-state index contributed by atoms with van der Waals surface area (Å²) < 4.78 is 40.2. The number of hydrogen-bond donors (Lipinski definition) is 1. The lowest BCUT2D eigenvalue weighted by molar-refractivity contribution is -0.140. The molecule has 1 aliphatic rings. The van der Waals surface area contributed by atoms with Gasteiger partial charge in [0, 0.05) is 18.7 Å². The molecule has 0 radical (unpaired) electrons. The summed E-state index contributed by atoms with van der Waals surface area (Å²) >= 11 is 0. The number of rotatable bonds is 13. The average molecular weight is 622 g/mol. The lowest BCUT2D eigenvalue weighted by Gasteiger charge is -2.34. The monoisotopic (exact) mass is 621 g/mol. The number of ether oxygens (including phenoxy) is 2. The number of carbonyl (C=O) groups is 2. The lowest BCUT2D eigenvalue weighted by Crippen LogP contribution is -2.53. The summed E-state index contributed by atoms with van der Waals surface area (Å²) in [5, 5.41) is 3.15. The minimum absolute atomic E-state index is 0.0556. The molecule has 10 heteroatoms. The molecule has 0 aromatic heterocycles. The first-order valence-electron chi connectivity index (χ1n) is 15.0. The maximum Gasteiger partial charge on any atom is 0.264 e. The Morgan fingerprint density at radius 3 is 2.20 bits per heavy atom. The molecule has 4 rings (SSSR count). The Hall–Kier alpha value is -4.05. The van der Waals surface area contributed by atoms with Gasteiger partial charge in [-0.1, -0.05) is 61.7 Å². The number of sulfonamides is 1. The number of nitrogens with one attached hydrogen (secondary N) is 1. The average Bonchev–Trinajstić information content (AvgIpc) is 3.53. The van der Waals surface area contributed by atoms with Crippen LogP contribution in [0.3, 0.4) is 0 Å². The van der Waals surface area contributed by atoms with E-state index in [4.69, 9.17) is 9.47 Å². The highest BCUT2D eigenvalue weighted by atomic mass is 32.2. The van der Waals surface area contributed by atoms with Crippen LogP contribution in [0.25, 0.3) is 0 Å². The molecule has 0 unspecified atom stereocenters. The van der Waals surface area contributed by atoms with Crippen molar-refractivity contribution < 1.29 is 27.5 Å². The Kier molecular flexibility index (Phi) is 10.9. The fourth-order valence-corrected chi connectivity index (χ4v) is 7.03. The number of carbonyl (C=O) groups excluding carboxylic acids is 2. The molecule has 3 aromatic rings. The number of benzene rings is 3. The van der Waals surface area contributed by atoms with Gasteiger partial charge in [-0.3, -0.25) is 13.9 Å². The molecule has 236 valence electrons. The second-order valence-electron chi connectivity index (χ2n) is 11.2. The predicted octanol–water partition coefficient (Wildman–Crippen LogP) is 5.38. The van der Waals surface area contributed by atoms with E-state index in [2.05, 4.69) is 5.32 Å². The molecule has 0 bridgehead atoms. The van der Waals surface area contributed by atoms with E-state index < -0.39 is 28.5 Å². The molecule has 44 heavy (non-hydrogen) atoms. The lowest BCUT2D eigenvalue weighted by atomic mass is 10.1. The molecule has 1 aliphatic carbocycles. The van der Waals surface area contributed by atoms with Crippen LogP contribution < -0.4 is 19.1 Å². The normalized spacial score (nSPS) is 14.1. The fourth-order valence-electron chi connectivity index (χ4n) is 5.60. The first-order chi connectivity index (χ1) is 21.1. The second kappa shape index (κ2) is 14.6. The summed E-state index contributed by atoms with van der Waals surface area (Å²) in [6, 6.07) is 18.3. The van der Waals surface area contributed by atoms with Gasteiger partial charge in [-0.2, -0.15) is 0 Å². The van der Waals surface area contributed by atoms with E-state index in [1.165, 1.54) is 37.3 Å². The molecule has 0 heterocycles. The number of nitrogens with zero attached hydrogens (tertiary/aromatic N) is 2. The smallest absolute Gasteiger partial charge is 0.264 e. The Bertz CT molecular complexity index is 1550. The highest BCUT2D eigenvalue weighted by molar-refractivity contribution is 7.92. The minimum Gasteiger partial charge on any atom is -0.493 e. The number of amides is 2. The first-order valence-corrected chi connectivity index (χ1v) is 16.5. The standard InChI is InChI=1S/C34H43N3O6S/c1-6-30(34(39)35-27-13-9-10-14-27)36(22-26-12-8-7-11-25(26)3)33(38)23-37(28-17-15-24(2)16-18-28)44(40,41)29-19-20-31(42-4)32(21-29)43-5/h7-8,11-12,15-21,27,30H,6,9-10,13-14,22-23H2,1-5H3,(H,35,39)/t30-/m1/s1. The number of hydrogen-bond acceptors (Lipinski definition) is 6. The summed E-state index contributed by atoms with van der Waals surface area (Å²) in [4.78, 5) is 29.4. The molecular formula is C34H43N3O6S. The van der Waals surface area contributed by atoms with Gasteiger partial charge in [0.1, 0.15) is 12.6 Å².